The van der Waals surface area contributed by atoms with Crippen molar-refractivity contribution in [3.8, 4) is 0 Å². The highest BCUT2D eigenvalue weighted by atomic mass is 35.5. The van der Waals surface area contributed by atoms with Crippen LogP contribution in [-0.4, -0.2) is 27.4 Å². The number of carbonyl (C=O) groups is 2. The summed E-state index contributed by atoms with van der Waals surface area (Å²) in [6.07, 6.45) is -0.100. The van der Waals surface area contributed by atoms with Crippen LogP contribution in [0, 0.1) is 0 Å². The normalized spacial score (nSPS) is 12.2. The fourth-order valence-electron chi connectivity index (χ4n) is 0.883. The molecule has 0 heterocycles. The predicted molar refractivity (Wildman–Crippen MR) is 45.1 cm³/mol. The molecule has 0 rings (SSSR count). The summed E-state index contributed by atoms with van der Waals surface area (Å²) in [5.74, 6) is -0.228. The molecule has 0 aliphatic heterocycles. The Morgan fingerprint density at radius 1 is 1.58 bits per heavy atom. The number of Topliss-reactive ketones (excluding diaryl/α,β-unsaturated/α-hetero) is 1. The third-order valence-electron chi connectivity index (χ3n) is 1.49. The first-order chi connectivity index (χ1) is 5.50. The lowest BCUT2D eigenvalue weighted by molar-refractivity contribution is -0.120. The van der Waals surface area contributed by atoms with Gasteiger partial charge in [-0.1, -0.05) is 13.3 Å². The Bertz CT molecular complexity index is 183. The van der Waals surface area contributed by atoms with E-state index in [9.17, 15) is 9.59 Å². The molecule has 0 saturated carbocycles. The van der Waals surface area contributed by atoms with Gasteiger partial charge in [-0.05, 0) is 13.3 Å². The topological polar surface area (TPSA) is 57.6 Å². The molecule has 1 atom stereocenters. The molecule has 1 amide bonds. The van der Waals surface area contributed by atoms with E-state index < -0.39 is 12.1 Å². The van der Waals surface area contributed by atoms with E-state index in [1.54, 1.807) is 0 Å². The first-order valence-corrected chi connectivity index (χ1v) is 4.02. The lowest BCUT2D eigenvalue weighted by Crippen LogP contribution is -2.36. The van der Waals surface area contributed by atoms with Crippen molar-refractivity contribution in [2.45, 2.75) is 32.7 Å². The van der Waals surface area contributed by atoms with Gasteiger partial charge in [0, 0.05) is 11.8 Å². The Hall–Kier alpha value is -0.770. The molecule has 0 saturated heterocycles. The minimum absolute atomic E-state index is 0.228. The molecule has 70 valence electrons. The van der Waals surface area contributed by atoms with Gasteiger partial charge >= 0.3 is 6.09 Å². The van der Waals surface area contributed by atoms with Gasteiger partial charge in [-0.25, -0.2) is 9.21 Å². The zero-order valence-electron chi connectivity index (χ0n) is 7.08. The fourth-order valence-corrected chi connectivity index (χ4v) is 1.12. The maximum atomic E-state index is 10.9. The van der Waals surface area contributed by atoms with Crippen molar-refractivity contribution in [1.29, 1.82) is 0 Å². The molecule has 0 aromatic heterocycles. The first kappa shape index (κ1) is 11.2. The van der Waals surface area contributed by atoms with E-state index in [0.717, 1.165) is 6.42 Å². The lowest BCUT2D eigenvalue weighted by atomic mass is 10.1. The Morgan fingerprint density at radius 3 is 2.33 bits per heavy atom. The van der Waals surface area contributed by atoms with Crippen LogP contribution in [0.3, 0.4) is 0 Å². The molecule has 12 heavy (non-hydrogen) atoms. The van der Waals surface area contributed by atoms with Crippen LogP contribution in [0.15, 0.2) is 0 Å². The van der Waals surface area contributed by atoms with Crippen LogP contribution in [0.4, 0.5) is 4.79 Å². The second kappa shape index (κ2) is 4.98. The van der Waals surface area contributed by atoms with Crippen LogP contribution < -0.4 is 0 Å². The summed E-state index contributed by atoms with van der Waals surface area (Å²) in [6, 6.07) is -0.714. The molecular formula is C7H12ClNO3. The van der Waals surface area contributed by atoms with E-state index >= 15 is 0 Å². The third-order valence-corrected chi connectivity index (χ3v) is 1.87. The minimum atomic E-state index is -1.29. The third kappa shape index (κ3) is 3.09. The quantitative estimate of drug-likeness (QED) is 0.694. The van der Waals surface area contributed by atoms with Crippen molar-refractivity contribution < 1.29 is 14.7 Å². The Labute approximate surface area is 76.2 Å². The molecule has 1 unspecified atom stereocenters. The lowest BCUT2D eigenvalue weighted by Gasteiger charge is -2.19. The average Bonchev–Trinajstić information content (AvgIpc) is 1.98. The fraction of sp³-hybridized carbons (Fsp3) is 0.714. The number of ketones is 1. The number of carboxylic acid groups (broad SMARTS) is 1. The Balaban J connectivity index is 4.28. The van der Waals surface area contributed by atoms with Gasteiger partial charge in [0.05, 0.1) is 0 Å². The van der Waals surface area contributed by atoms with E-state index in [1.165, 1.54) is 6.92 Å². The number of hydrogen-bond acceptors (Lipinski definition) is 2. The number of halogens is 1. The smallest absolute Gasteiger partial charge is 0.422 e. The van der Waals surface area contributed by atoms with Crippen LogP contribution in [0.1, 0.15) is 26.7 Å². The SMILES string of the molecule is CCCC(C(C)=O)N(Cl)C(=O)O. The number of amides is 1. The summed E-state index contributed by atoms with van der Waals surface area (Å²) in [5.41, 5.74) is 0. The van der Waals surface area contributed by atoms with E-state index in [4.69, 9.17) is 16.9 Å². The standard InChI is InChI=1S/C7H12ClNO3/c1-3-4-6(5(2)10)9(8)7(11)12/h6H,3-4H2,1-2H3,(H,11,12). The van der Waals surface area contributed by atoms with Crippen molar-refractivity contribution in [2.75, 3.05) is 0 Å². The van der Waals surface area contributed by atoms with Gasteiger partial charge in [-0.2, -0.15) is 0 Å². The van der Waals surface area contributed by atoms with Crippen molar-refractivity contribution in [1.82, 2.24) is 4.42 Å². The van der Waals surface area contributed by atoms with Crippen molar-refractivity contribution in [3.63, 3.8) is 0 Å². The molecule has 0 radical (unpaired) electrons. The van der Waals surface area contributed by atoms with Gasteiger partial charge in [-0.3, -0.25) is 4.79 Å². The number of hydrogen-bond donors (Lipinski definition) is 1. The summed E-state index contributed by atoms with van der Waals surface area (Å²) in [6.45, 7) is 3.20. The molecule has 0 aromatic carbocycles. The summed E-state index contributed by atoms with van der Waals surface area (Å²) in [5, 5.41) is 8.47. The number of carbonyl (C=O) groups excluding carboxylic acids is 1. The summed E-state index contributed by atoms with van der Waals surface area (Å²) < 4.78 is 0.534. The van der Waals surface area contributed by atoms with Crippen LogP contribution >= 0.6 is 11.8 Å². The molecule has 0 bridgehead atoms. The van der Waals surface area contributed by atoms with Gasteiger partial charge in [0.15, 0.2) is 5.78 Å². The first-order valence-electron chi connectivity index (χ1n) is 3.69. The second-order valence-electron chi connectivity index (χ2n) is 2.51. The highest BCUT2D eigenvalue weighted by Gasteiger charge is 2.24. The van der Waals surface area contributed by atoms with Gasteiger partial charge in [0.1, 0.15) is 6.04 Å². The summed E-state index contributed by atoms with van der Waals surface area (Å²) in [7, 11) is 0. The maximum absolute atomic E-state index is 10.9. The molecular weight excluding hydrogens is 182 g/mol. The maximum Gasteiger partial charge on any atom is 0.422 e. The molecule has 0 aromatic rings. The van der Waals surface area contributed by atoms with Crippen molar-refractivity contribution in [3.05, 3.63) is 0 Å². The molecule has 0 aliphatic carbocycles. The molecule has 0 aliphatic rings. The Kier molecular flexibility index (Phi) is 4.66. The molecule has 0 fully saturated rings. The van der Waals surface area contributed by atoms with E-state index in [1.807, 2.05) is 6.92 Å². The molecule has 0 spiro atoms. The molecule has 1 N–H and O–H groups in total. The van der Waals surface area contributed by atoms with Crippen molar-refractivity contribution >= 4 is 23.7 Å². The van der Waals surface area contributed by atoms with Gasteiger partial charge in [0.25, 0.3) is 0 Å². The average molecular weight is 194 g/mol. The second-order valence-corrected chi connectivity index (χ2v) is 2.87. The van der Waals surface area contributed by atoms with Crippen LogP contribution in [0.25, 0.3) is 0 Å². The van der Waals surface area contributed by atoms with Crippen LogP contribution in [-0.2, 0) is 4.79 Å². The minimum Gasteiger partial charge on any atom is -0.464 e. The summed E-state index contributed by atoms with van der Waals surface area (Å²) >= 11 is 5.37. The van der Waals surface area contributed by atoms with E-state index in [2.05, 4.69) is 0 Å². The van der Waals surface area contributed by atoms with E-state index in [-0.39, 0.29) is 5.78 Å². The van der Waals surface area contributed by atoms with Crippen LogP contribution in [0.5, 0.6) is 0 Å². The predicted octanol–water partition coefficient (Wildman–Crippen LogP) is 1.88. The van der Waals surface area contributed by atoms with Gasteiger partial charge in [-0.15, -0.1) is 0 Å². The molecule has 5 heteroatoms. The number of nitrogens with zero attached hydrogens (tertiary/aromatic N) is 1. The summed E-state index contributed by atoms with van der Waals surface area (Å²) in [4.78, 5) is 21.3. The highest BCUT2D eigenvalue weighted by molar-refractivity contribution is 6.21. The monoisotopic (exact) mass is 193 g/mol. The molecule has 4 nitrogen and oxygen atoms in total. The van der Waals surface area contributed by atoms with Crippen molar-refractivity contribution in [2.24, 2.45) is 0 Å². The zero-order valence-corrected chi connectivity index (χ0v) is 7.84. The van der Waals surface area contributed by atoms with E-state index in [0.29, 0.717) is 10.8 Å². The largest absolute Gasteiger partial charge is 0.464 e. The van der Waals surface area contributed by atoms with Gasteiger partial charge < -0.3 is 5.11 Å². The zero-order chi connectivity index (χ0) is 9.72. The van der Waals surface area contributed by atoms with Crippen LogP contribution in [0.2, 0.25) is 0 Å². The van der Waals surface area contributed by atoms with Gasteiger partial charge in [0.2, 0.25) is 0 Å². The number of rotatable bonds is 4. The highest BCUT2D eigenvalue weighted by Crippen LogP contribution is 2.11. The Morgan fingerprint density at radius 2 is 2.08 bits per heavy atom.